The molecule has 0 saturated carbocycles. The SMILES string of the molecule is Cc1nnn(Cc2cc(C(F)(F)F)ccc2CCC(=O)N2CC([S+]([O-])c3ccc(S(N)(=O)=O)cc3F)C2)n1. The first-order valence-electron chi connectivity index (χ1n) is 11.2. The van der Waals surface area contributed by atoms with Crippen molar-refractivity contribution in [2.45, 2.75) is 47.5 Å². The number of amides is 1. The van der Waals surface area contributed by atoms with E-state index in [1.165, 1.54) is 15.8 Å². The third kappa shape index (κ3) is 6.31. The Morgan fingerprint density at radius 1 is 1.18 bits per heavy atom. The number of primary sulfonamides is 1. The number of rotatable bonds is 8. The van der Waals surface area contributed by atoms with E-state index >= 15 is 0 Å². The summed E-state index contributed by atoms with van der Waals surface area (Å²) in [6, 6.07) is 6.11. The highest BCUT2D eigenvalue weighted by atomic mass is 32.2. The molecule has 1 aromatic heterocycles. The van der Waals surface area contributed by atoms with Crippen LogP contribution in [-0.2, 0) is 45.1 Å². The molecule has 0 spiro atoms. The van der Waals surface area contributed by atoms with E-state index in [1.54, 1.807) is 6.92 Å². The Labute approximate surface area is 218 Å². The summed E-state index contributed by atoms with van der Waals surface area (Å²) in [5.74, 6) is -0.922. The maximum Gasteiger partial charge on any atom is 0.416 e. The highest BCUT2D eigenvalue weighted by Crippen LogP contribution is 2.32. The molecule has 1 amide bonds. The van der Waals surface area contributed by atoms with Crippen molar-refractivity contribution in [1.29, 1.82) is 0 Å². The summed E-state index contributed by atoms with van der Waals surface area (Å²) in [5.41, 5.74) is -0.0261. The minimum atomic E-state index is -4.55. The van der Waals surface area contributed by atoms with Crippen molar-refractivity contribution in [3.63, 3.8) is 0 Å². The van der Waals surface area contributed by atoms with Crippen LogP contribution in [0.2, 0.25) is 0 Å². The Morgan fingerprint density at radius 3 is 2.47 bits per heavy atom. The number of hydrogen-bond acceptors (Lipinski definition) is 7. The molecule has 1 aliphatic heterocycles. The summed E-state index contributed by atoms with van der Waals surface area (Å²) in [4.78, 5) is 14.6. The van der Waals surface area contributed by atoms with Crippen LogP contribution in [0.4, 0.5) is 17.6 Å². The van der Waals surface area contributed by atoms with Crippen molar-refractivity contribution in [2.24, 2.45) is 5.14 Å². The van der Waals surface area contributed by atoms with Crippen LogP contribution in [0.1, 0.15) is 28.9 Å². The molecule has 1 atom stereocenters. The maximum absolute atomic E-state index is 14.3. The zero-order chi connectivity index (χ0) is 27.8. The van der Waals surface area contributed by atoms with Crippen LogP contribution in [0.25, 0.3) is 0 Å². The van der Waals surface area contributed by atoms with Crippen molar-refractivity contribution in [3.05, 3.63) is 64.7 Å². The van der Waals surface area contributed by atoms with Gasteiger partial charge in [0.15, 0.2) is 21.8 Å². The second-order valence-corrected chi connectivity index (χ2v) is 12.0. The van der Waals surface area contributed by atoms with Crippen LogP contribution in [0, 0.1) is 12.7 Å². The second-order valence-electron chi connectivity index (χ2n) is 8.70. The molecule has 204 valence electrons. The number of aromatic nitrogens is 4. The first kappa shape index (κ1) is 27.9. The van der Waals surface area contributed by atoms with Gasteiger partial charge in [0.05, 0.1) is 30.1 Å². The van der Waals surface area contributed by atoms with Gasteiger partial charge in [0.25, 0.3) is 0 Å². The minimum absolute atomic E-state index is 0.0149. The number of carbonyl (C=O) groups is 1. The van der Waals surface area contributed by atoms with Crippen LogP contribution in [0.3, 0.4) is 0 Å². The number of nitrogens with two attached hydrogens (primary N) is 1. The molecule has 3 aromatic rings. The van der Waals surface area contributed by atoms with Crippen LogP contribution in [0.15, 0.2) is 46.2 Å². The summed E-state index contributed by atoms with van der Waals surface area (Å²) in [7, 11) is -4.12. The van der Waals surface area contributed by atoms with E-state index in [9.17, 15) is 35.3 Å². The van der Waals surface area contributed by atoms with Gasteiger partial charge in [0.1, 0.15) is 0 Å². The van der Waals surface area contributed by atoms with E-state index in [0.29, 0.717) is 23.0 Å². The Morgan fingerprint density at radius 2 is 1.89 bits per heavy atom. The number of tetrazole rings is 1. The number of aryl methyl sites for hydroxylation is 2. The fourth-order valence-electron chi connectivity index (χ4n) is 3.91. The van der Waals surface area contributed by atoms with Crippen LogP contribution < -0.4 is 5.14 Å². The maximum atomic E-state index is 14.3. The number of alkyl halides is 3. The predicted molar refractivity (Wildman–Crippen MR) is 126 cm³/mol. The molecule has 1 unspecified atom stereocenters. The highest BCUT2D eigenvalue weighted by molar-refractivity contribution is 7.92. The van der Waals surface area contributed by atoms with Crippen molar-refractivity contribution in [1.82, 2.24) is 25.1 Å². The Balaban J connectivity index is 1.38. The van der Waals surface area contributed by atoms with E-state index in [-0.39, 0.29) is 43.3 Å². The number of halogens is 4. The van der Waals surface area contributed by atoms with Gasteiger partial charge in [-0.1, -0.05) is 6.07 Å². The quantitative estimate of drug-likeness (QED) is 0.319. The van der Waals surface area contributed by atoms with Gasteiger partial charge in [0, 0.05) is 6.42 Å². The molecule has 2 aromatic carbocycles. The lowest BCUT2D eigenvalue weighted by Gasteiger charge is -2.39. The Hall–Kier alpha value is -3.08. The number of hydrogen-bond donors (Lipinski definition) is 1. The molecule has 0 aliphatic carbocycles. The van der Waals surface area contributed by atoms with Crippen molar-refractivity contribution in [2.75, 3.05) is 13.1 Å². The molecule has 4 rings (SSSR count). The number of carbonyl (C=O) groups excluding carboxylic acids is 1. The lowest BCUT2D eigenvalue weighted by atomic mass is 9.99. The molecule has 16 heteroatoms. The first-order valence-corrected chi connectivity index (χ1v) is 13.9. The van der Waals surface area contributed by atoms with Gasteiger partial charge >= 0.3 is 6.18 Å². The topological polar surface area (TPSA) is 147 Å². The standard InChI is InChI=1S/C22H22F4N6O4S2/c1-13-28-30-32(29-13)10-15-8-16(22(24,25)26)4-2-14(15)3-7-21(33)31-11-17(12-31)37(34)20-6-5-18(9-19(20)23)38(27,35)36/h2,4-6,8-9,17H,3,7,10-12H2,1H3,(H2,27,35,36). The van der Waals surface area contributed by atoms with Gasteiger partial charge in [-0.05, 0) is 71.2 Å². The van der Waals surface area contributed by atoms with Gasteiger partial charge in [-0.25, -0.2) is 17.9 Å². The number of likely N-dealkylation sites (tertiary alicyclic amines) is 1. The molecule has 2 heterocycles. The summed E-state index contributed by atoms with van der Waals surface area (Å²) < 4.78 is 89.5. The van der Waals surface area contributed by atoms with Gasteiger partial charge in [-0.15, -0.1) is 10.2 Å². The molecule has 1 fully saturated rings. The highest BCUT2D eigenvalue weighted by Gasteiger charge is 2.41. The number of sulfonamides is 1. The fourth-order valence-corrected chi connectivity index (χ4v) is 5.88. The van der Waals surface area contributed by atoms with Crippen molar-refractivity contribution >= 4 is 27.1 Å². The molecular formula is C22H22F4N6O4S2. The molecular weight excluding hydrogens is 552 g/mol. The zero-order valence-corrected chi connectivity index (χ0v) is 21.5. The minimum Gasteiger partial charge on any atom is -0.611 e. The molecule has 1 aliphatic rings. The molecule has 1 saturated heterocycles. The van der Waals surface area contributed by atoms with E-state index < -0.39 is 48.9 Å². The average molecular weight is 575 g/mol. The van der Waals surface area contributed by atoms with E-state index in [4.69, 9.17) is 5.14 Å². The molecule has 38 heavy (non-hydrogen) atoms. The normalized spacial score (nSPS) is 15.4. The lowest BCUT2D eigenvalue weighted by molar-refractivity contribution is -0.137. The summed E-state index contributed by atoms with van der Waals surface area (Å²) >= 11 is -1.83. The summed E-state index contributed by atoms with van der Waals surface area (Å²) in [5, 5.41) is 15.9. The second kappa shape index (κ2) is 10.6. The zero-order valence-electron chi connectivity index (χ0n) is 19.9. The number of nitrogens with zero attached hydrogens (tertiary/aromatic N) is 5. The van der Waals surface area contributed by atoms with Gasteiger partial charge in [-0.3, -0.25) is 4.79 Å². The smallest absolute Gasteiger partial charge is 0.416 e. The Bertz CT molecular complexity index is 1460. The van der Waals surface area contributed by atoms with Crippen molar-refractivity contribution in [3.8, 4) is 0 Å². The van der Waals surface area contributed by atoms with Gasteiger partial charge in [0.2, 0.25) is 15.9 Å². The number of benzene rings is 2. The van der Waals surface area contributed by atoms with Crippen LogP contribution in [-0.4, -0.2) is 62.3 Å². The average Bonchev–Trinajstić information content (AvgIpc) is 3.20. The van der Waals surface area contributed by atoms with Gasteiger partial charge in [-0.2, -0.15) is 18.0 Å². The monoisotopic (exact) mass is 574 g/mol. The first-order chi connectivity index (χ1) is 17.7. The third-order valence-corrected chi connectivity index (χ3v) is 8.54. The Kier molecular flexibility index (Phi) is 7.79. The molecule has 2 N–H and O–H groups in total. The van der Waals surface area contributed by atoms with Crippen LogP contribution in [0.5, 0.6) is 0 Å². The molecule has 0 radical (unpaired) electrons. The molecule has 0 bridgehead atoms. The van der Waals surface area contributed by atoms with Crippen LogP contribution >= 0.6 is 0 Å². The largest absolute Gasteiger partial charge is 0.611 e. The summed E-state index contributed by atoms with van der Waals surface area (Å²) in [6.45, 7) is 1.71. The molecule has 10 nitrogen and oxygen atoms in total. The predicted octanol–water partition coefficient (Wildman–Crippen LogP) is 1.79. The lowest BCUT2D eigenvalue weighted by Crippen LogP contribution is -2.57. The van der Waals surface area contributed by atoms with Crippen molar-refractivity contribution < 1.29 is 35.3 Å². The third-order valence-electron chi connectivity index (χ3n) is 5.96. The summed E-state index contributed by atoms with van der Waals surface area (Å²) in [6.07, 6.45) is -4.41. The van der Waals surface area contributed by atoms with E-state index in [2.05, 4.69) is 15.4 Å². The van der Waals surface area contributed by atoms with E-state index in [1.807, 2.05) is 0 Å². The van der Waals surface area contributed by atoms with Gasteiger partial charge < -0.3 is 9.45 Å². The fraction of sp³-hybridized carbons (Fsp3) is 0.364. The van der Waals surface area contributed by atoms with E-state index in [0.717, 1.165) is 24.3 Å².